The molecule has 0 aliphatic rings. The Hall–Kier alpha value is -1.94. The van der Waals surface area contributed by atoms with Crippen molar-refractivity contribution < 1.29 is 9.18 Å². The topological polar surface area (TPSA) is 33.2 Å². The zero-order valence-corrected chi connectivity index (χ0v) is 11.9. The van der Waals surface area contributed by atoms with Gasteiger partial charge in [-0.25, -0.2) is 4.98 Å². The van der Waals surface area contributed by atoms with Gasteiger partial charge < -0.3 is 4.90 Å². The zero-order chi connectivity index (χ0) is 14.7. The molecule has 0 saturated carbocycles. The molecule has 0 N–H and O–H groups in total. The molecule has 2 aromatic rings. The van der Waals surface area contributed by atoms with Crippen molar-refractivity contribution in [2.24, 2.45) is 0 Å². The molecule has 0 bridgehead atoms. The van der Waals surface area contributed by atoms with Gasteiger partial charge in [-0.3, -0.25) is 4.79 Å². The molecule has 1 aromatic heterocycles. The standard InChI is InChI=1S/C15H14ClFN2O/c1-10(11-5-3-6-12(16)9-11)19(2)15(20)13-7-4-8-18-14(13)17/h3-10H,1-2H3. The molecule has 5 heteroatoms. The molecule has 20 heavy (non-hydrogen) atoms. The van der Waals surface area contributed by atoms with E-state index in [2.05, 4.69) is 4.98 Å². The fraction of sp³-hybridized carbons (Fsp3) is 0.200. The summed E-state index contributed by atoms with van der Waals surface area (Å²) in [6.07, 6.45) is 1.31. The normalized spacial score (nSPS) is 12.0. The molecule has 3 nitrogen and oxygen atoms in total. The Bertz CT molecular complexity index is 633. The van der Waals surface area contributed by atoms with Crippen molar-refractivity contribution in [3.05, 3.63) is 64.7 Å². The van der Waals surface area contributed by atoms with Crippen molar-refractivity contribution >= 4 is 17.5 Å². The van der Waals surface area contributed by atoms with Crippen LogP contribution >= 0.6 is 11.6 Å². The third kappa shape index (κ3) is 2.96. The average Bonchev–Trinajstić information content (AvgIpc) is 2.45. The molecule has 0 spiro atoms. The number of carbonyl (C=O) groups excluding carboxylic acids is 1. The Morgan fingerprint density at radius 2 is 2.10 bits per heavy atom. The van der Waals surface area contributed by atoms with Crippen molar-refractivity contribution in [2.75, 3.05) is 7.05 Å². The summed E-state index contributed by atoms with van der Waals surface area (Å²) in [6.45, 7) is 1.86. The van der Waals surface area contributed by atoms with Gasteiger partial charge >= 0.3 is 0 Å². The Labute approximate surface area is 122 Å². The molecule has 1 atom stereocenters. The molecular formula is C15H14ClFN2O. The third-order valence-electron chi connectivity index (χ3n) is 3.22. The van der Waals surface area contributed by atoms with Gasteiger partial charge in [0.05, 0.1) is 11.6 Å². The number of rotatable bonds is 3. The lowest BCUT2D eigenvalue weighted by Crippen LogP contribution is -2.30. The number of benzene rings is 1. The fourth-order valence-corrected chi connectivity index (χ4v) is 2.10. The van der Waals surface area contributed by atoms with Crippen LogP contribution in [0.3, 0.4) is 0 Å². The van der Waals surface area contributed by atoms with Crippen molar-refractivity contribution in [2.45, 2.75) is 13.0 Å². The van der Waals surface area contributed by atoms with E-state index in [1.54, 1.807) is 19.2 Å². The Morgan fingerprint density at radius 3 is 2.75 bits per heavy atom. The van der Waals surface area contributed by atoms with Crippen molar-refractivity contribution in [3.63, 3.8) is 0 Å². The van der Waals surface area contributed by atoms with Gasteiger partial charge in [-0.1, -0.05) is 23.7 Å². The van der Waals surface area contributed by atoms with Crippen LogP contribution in [0.5, 0.6) is 0 Å². The lowest BCUT2D eigenvalue weighted by Gasteiger charge is -2.25. The molecule has 0 saturated heterocycles. The van der Waals surface area contributed by atoms with Gasteiger partial charge in [0.25, 0.3) is 5.91 Å². The van der Waals surface area contributed by atoms with Gasteiger partial charge in [0.2, 0.25) is 5.95 Å². The number of amides is 1. The van der Waals surface area contributed by atoms with Crippen LogP contribution in [-0.2, 0) is 0 Å². The Morgan fingerprint density at radius 1 is 1.35 bits per heavy atom. The minimum Gasteiger partial charge on any atom is -0.335 e. The van der Waals surface area contributed by atoms with E-state index in [1.807, 2.05) is 19.1 Å². The van der Waals surface area contributed by atoms with E-state index in [0.29, 0.717) is 5.02 Å². The van der Waals surface area contributed by atoms with Gasteiger partial charge in [0.15, 0.2) is 0 Å². The highest BCUT2D eigenvalue weighted by atomic mass is 35.5. The number of pyridine rings is 1. The van der Waals surface area contributed by atoms with Gasteiger partial charge in [-0.05, 0) is 36.8 Å². The van der Waals surface area contributed by atoms with E-state index < -0.39 is 11.9 Å². The van der Waals surface area contributed by atoms with E-state index >= 15 is 0 Å². The number of nitrogens with zero attached hydrogens (tertiary/aromatic N) is 2. The van der Waals surface area contributed by atoms with E-state index in [-0.39, 0.29) is 11.6 Å². The molecule has 1 amide bonds. The van der Waals surface area contributed by atoms with Crippen LogP contribution in [0.4, 0.5) is 4.39 Å². The number of hydrogen-bond donors (Lipinski definition) is 0. The van der Waals surface area contributed by atoms with Crippen LogP contribution in [0, 0.1) is 5.95 Å². The minimum absolute atomic E-state index is 0.0381. The Kier molecular flexibility index (Phi) is 4.35. The number of hydrogen-bond acceptors (Lipinski definition) is 2. The van der Waals surface area contributed by atoms with E-state index in [0.717, 1.165) is 5.56 Å². The summed E-state index contributed by atoms with van der Waals surface area (Å²) in [4.78, 5) is 17.2. The smallest absolute Gasteiger partial charge is 0.258 e. The second-order valence-electron chi connectivity index (χ2n) is 4.49. The molecular weight excluding hydrogens is 279 g/mol. The zero-order valence-electron chi connectivity index (χ0n) is 11.2. The highest BCUT2D eigenvalue weighted by Crippen LogP contribution is 2.23. The lowest BCUT2D eigenvalue weighted by atomic mass is 10.1. The summed E-state index contributed by atoms with van der Waals surface area (Å²) in [6, 6.07) is 9.98. The van der Waals surface area contributed by atoms with Crippen LogP contribution < -0.4 is 0 Å². The molecule has 2 rings (SSSR count). The summed E-state index contributed by atoms with van der Waals surface area (Å²) in [7, 11) is 1.63. The summed E-state index contributed by atoms with van der Waals surface area (Å²) < 4.78 is 13.6. The van der Waals surface area contributed by atoms with Gasteiger partial charge in [0, 0.05) is 18.3 Å². The quantitative estimate of drug-likeness (QED) is 0.808. The highest BCUT2D eigenvalue weighted by Gasteiger charge is 2.21. The SMILES string of the molecule is CC(c1cccc(Cl)c1)N(C)C(=O)c1cccnc1F. The van der Waals surface area contributed by atoms with Gasteiger partial charge in [0.1, 0.15) is 0 Å². The summed E-state index contributed by atoms with van der Waals surface area (Å²) in [5.74, 6) is -1.18. The maximum atomic E-state index is 13.6. The molecule has 0 radical (unpaired) electrons. The second kappa shape index (κ2) is 6.01. The molecule has 1 heterocycles. The van der Waals surface area contributed by atoms with Crippen LogP contribution in [-0.4, -0.2) is 22.8 Å². The van der Waals surface area contributed by atoms with Crippen LogP contribution in [0.25, 0.3) is 0 Å². The highest BCUT2D eigenvalue weighted by molar-refractivity contribution is 6.30. The first kappa shape index (κ1) is 14.5. The second-order valence-corrected chi connectivity index (χ2v) is 4.93. The van der Waals surface area contributed by atoms with Gasteiger partial charge in [-0.15, -0.1) is 0 Å². The summed E-state index contributed by atoms with van der Waals surface area (Å²) in [5.41, 5.74) is 0.849. The molecule has 1 unspecified atom stereocenters. The first-order valence-corrected chi connectivity index (χ1v) is 6.51. The third-order valence-corrected chi connectivity index (χ3v) is 3.46. The van der Waals surface area contributed by atoms with Crippen molar-refractivity contribution in [1.29, 1.82) is 0 Å². The first-order chi connectivity index (χ1) is 9.50. The predicted molar refractivity (Wildman–Crippen MR) is 76.2 cm³/mol. The monoisotopic (exact) mass is 292 g/mol. The predicted octanol–water partition coefficient (Wildman–Crippen LogP) is 3.71. The van der Waals surface area contributed by atoms with Crippen LogP contribution in [0.1, 0.15) is 28.9 Å². The Balaban J connectivity index is 2.25. The first-order valence-electron chi connectivity index (χ1n) is 6.14. The number of halogens is 2. The molecule has 0 aliphatic carbocycles. The molecule has 0 aliphatic heterocycles. The van der Waals surface area contributed by atoms with E-state index in [1.165, 1.54) is 23.2 Å². The molecule has 1 aromatic carbocycles. The summed E-state index contributed by atoms with van der Waals surface area (Å²) >= 11 is 5.94. The maximum absolute atomic E-state index is 13.6. The maximum Gasteiger partial charge on any atom is 0.258 e. The van der Waals surface area contributed by atoms with E-state index in [4.69, 9.17) is 11.6 Å². The fourth-order valence-electron chi connectivity index (χ4n) is 1.90. The van der Waals surface area contributed by atoms with Crippen molar-refractivity contribution in [3.8, 4) is 0 Å². The average molecular weight is 293 g/mol. The van der Waals surface area contributed by atoms with E-state index in [9.17, 15) is 9.18 Å². The minimum atomic E-state index is -0.761. The summed E-state index contributed by atoms with van der Waals surface area (Å²) in [5, 5.41) is 0.600. The molecule has 0 fully saturated rings. The van der Waals surface area contributed by atoms with Crippen LogP contribution in [0.2, 0.25) is 5.02 Å². The largest absolute Gasteiger partial charge is 0.335 e. The van der Waals surface area contributed by atoms with Gasteiger partial charge in [-0.2, -0.15) is 4.39 Å². The van der Waals surface area contributed by atoms with Crippen molar-refractivity contribution in [1.82, 2.24) is 9.88 Å². The van der Waals surface area contributed by atoms with Crippen LogP contribution in [0.15, 0.2) is 42.6 Å². The molecule has 104 valence electrons. The number of carbonyl (C=O) groups is 1. The number of aromatic nitrogens is 1. The lowest BCUT2D eigenvalue weighted by molar-refractivity contribution is 0.0737.